The van der Waals surface area contributed by atoms with E-state index < -0.39 is 5.54 Å². The first kappa shape index (κ1) is 15.2. The van der Waals surface area contributed by atoms with Gasteiger partial charge in [0.25, 0.3) is 0 Å². The lowest BCUT2D eigenvalue weighted by Crippen LogP contribution is -2.52. The van der Waals surface area contributed by atoms with Gasteiger partial charge in [0.1, 0.15) is 5.54 Å². The van der Waals surface area contributed by atoms with E-state index in [-0.39, 0.29) is 5.97 Å². The van der Waals surface area contributed by atoms with Crippen LogP contribution in [0.15, 0.2) is 29.2 Å². The van der Waals surface area contributed by atoms with Gasteiger partial charge in [-0.3, -0.25) is 10.1 Å². The Morgan fingerprint density at radius 1 is 1.33 bits per heavy atom. The normalized spacial score (nSPS) is 28.6. The van der Waals surface area contributed by atoms with Crippen LogP contribution < -0.4 is 5.32 Å². The smallest absolute Gasteiger partial charge is 0.326 e. The van der Waals surface area contributed by atoms with Gasteiger partial charge in [-0.1, -0.05) is 11.6 Å². The minimum atomic E-state index is -0.472. The van der Waals surface area contributed by atoms with Crippen LogP contribution in [-0.2, 0) is 9.53 Å². The fourth-order valence-electron chi connectivity index (χ4n) is 3.00. The predicted molar refractivity (Wildman–Crippen MR) is 85.9 cm³/mol. The van der Waals surface area contributed by atoms with E-state index in [1.165, 1.54) is 24.8 Å². The fourth-order valence-corrected chi connectivity index (χ4v) is 4.40. The first-order valence-electron chi connectivity index (χ1n) is 7.40. The molecule has 1 aromatic carbocycles. The van der Waals surface area contributed by atoms with Gasteiger partial charge in [-0.2, -0.15) is 0 Å². The minimum absolute atomic E-state index is 0.103. The van der Waals surface area contributed by atoms with Gasteiger partial charge < -0.3 is 4.74 Å². The molecule has 2 fully saturated rings. The zero-order chi connectivity index (χ0) is 14.9. The van der Waals surface area contributed by atoms with Crippen molar-refractivity contribution in [3.8, 4) is 0 Å². The van der Waals surface area contributed by atoms with E-state index in [1.54, 1.807) is 0 Å². The number of benzene rings is 1. The Morgan fingerprint density at radius 2 is 2.05 bits per heavy atom. The number of hydrogen-bond donors (Lipinski definition) is 1. The molecule has 114 valence electrons. The highest BCUT2D eigenvalue weighted by molar-refractivity contribution is 8.00. The number of methoxy groups -OCH3 is 1. The van der Waals surface area contributed by atoms with Gasteiger partial charge in [0.15, 0.2) is 0 Å². The summed E-state index contributed by atoms with van der Waals surface area (Å²) < 4.78 is 5.05. The van der Waals surface area contributed by atoms with E-state index in [4.69, 9.17) is 16.3 Å². The number of carbonyl (C=O) groups excluding carboxylic acids is 1. The second-order valence-electron chi connectivity index (χ2n) is 5.93. The summed E-state index contributed by atoms with van der Waals surface area (Å²) in [5.41, 5.74) is -0.472. The summed E-state index contributed by atoms with van der Waals surface area (Å²) in [6, 6.07) is 8.41. The Kier molecular flexibility index (Phi) is 4.48. The van der Waals surface area contributed by atoms with Crippen LogP contribution in [0.3, 0.4) is 0 Å². The average Bonchev–Trinajstić information content (AvgIpc) is 3.20. The molecule has 2 unspecified atom stereocenters. The van der Waals surface area contributed by atoms with Gasteiger partial charge in [0.05, 0.1) is 7.11 Å². The van der Waals surface area contributed by atoms with Crippen molar-refractivity contribution in [3.63, 3.8) is 0 Å². The summed E-state index contributed by atoms with van der Waals surface area (Å²) in [5.74, 6) is -0.103. The van der Waals surface area contributed by atoms with Gasteiger partial charge in [0, 0.05) is 21.2 Å². The number of esters is 1. The molecule has 2 aliphatic carbocycles. The van der Waals surface area contributed by atoms with Crippen molar-refractivity contribution in [2.75, 3.05) is 7.11 Å². The molecule has 2 saturated carbocycles. The molecule has 2 aliphatic rings. The van der Waals surface area contributed by atoms with Crippen molar-refractivity contribution in [3.05, 3.63) is 29.3 Å². The number of thioether (sulfide) groups is 1. The average molecular weight is 326 g/mol. The predicted octanol–water partition coefficient (Wildman–Crippen LogP) is 3.65. The van der Waals surface area contributed by atoms with E-state index >= 15 is 0 Å². The van der Waals surface area contributed by atoms with Crippen LogP contribution in [0.2, 0.25) is 5.02 Å². The summed E-state index contributed by atoms with van der Waals surface area (Å²) in [5, 5.41) is 4.73. The third-order valence-corrected chi connectivity index (χ3v) is 5.75. The number of halogens is 1. The van der Waals surface area contributed by atoms with E-state index in [1.807, 2.05) is 36.0 Å². The number of rotatable bonds is 5. The van der Waals surface area contributed by atoms with E-state index in [2.05, 4.69) is 5.32 Å². The zero-order valence-corrected chi connectivity index (χ0v) is 13.7. The third-order valence-electron chi connectivity index (χ3n) is 4.22. The molecular formula is C16H20ClNO2S. The highest BCUT2D eigenvalue weighted by Gasteiger charge is 2.48. The highest BCUT2D eigenvalue weighted by atomic mass is 35.5. The quantitative estimate of drug-likeness (QED) is 0.839. The number of ether oxygens (including phenoxy) is 1. The maximum Gasteiger partial charge on any atom is 0.326 e. The van der Waals surface area contributed by atoms with Crippen molar-refractivity contribution in [1.29, 1.82) is 0 Å². The molecule has 1 aromatic rings. The standard InChI is InChI=1S/C16H20ClNO2S/c1-20-15(19)16(18-12-4-5-12)9-8-14(10-16)21-13-6-2-11(17)3-7-13/h2-3,6-7,12,14,18H,4-5,8-10H2,1H3. The largest absolute Gasteiger partial charge is 0.468 e. The third kappa shape index (κ3) is 3.55. The summed E-state index contributed by atoms with van der Waals surface area (Å²) >= 11 is 7.75. The lowest BCUT2D eigenvalue weighted by atomic mass is 9.97. The lowest BCUT2D eigenvalue weighted by molar-refractivity contribution is -0.148. The van der Waals surface area contributed by atoms with Crippen molar-refractivity contribution in [2.45, 2.75) is 53.8 Å². The number of nitrogens with one attached hydrogen (secondary N) is 1. The maximum absolute atomic E-state index is 12.2. The van der Waals surface area contributed by atoms with Crippen LogP contribution in [0, 0.1) is 0 Å². The fraction of sp³-hybridized carbons (Fsp3) is 0.562. The first-order chi connectivity index (χ1) is 10.1. The molecule has 2 atom stereocenters. The monoisotopic (exact) mass is 325 g/mol. The summed E-state index contributed by atoms with van der Waals surface area (Å²) in [6.07, 6.45) is 5.08. The van der Waals surface area contributed by atoms with Crippen LogP contribution in [0.5, 0.6) is 0 Å². The van der Waals surface area contributed by atoms with Crippen molar-refractivity contribution in [1.82, 2.24) is 5.32 Å². The van der Waals surface area contributed by atoms with E-state index in [9.17, 15) is 4.79 Å². The molecule has 3 nitrogen and oxygen atoms in total. The summed E-state index contributed by atoms with van der Waals surface area (Å²) in [4.78, 5) is 13.4. The molecule has 0 radical (unpaired) electrons. The summed E-state index contributed by atoms with van der Waals surface area (Å²) in [6.45, 7) is 0. The Bertz CT molecular complexity index is 518. The van der Waals surface area contributed by atoms with Gasteiger partial charge in [0.2, 0.25) is 0 Å². The van der Waals surface area contributed by atoms with Crippen LogP contribution in [0.1, 0.15) is 32.1 Å². The van der Waals surface area contributed by atoms with E-state index in [0.717, 1.165) is 24.3 Å². The Hall–Kier alpha value is -0.710. The van der Waals surface area contributed by atoms with Crippen LogP contribution in [0.25, 0.3) is 0 Å². The topological polar surface area (TPSA) is 38.3 Å². The highest BCUT2D eigenvalue weighted by Crippen LogP contribution is 2.42. The van der Waals surface area contributed by atoms with Gasteiger partial charge in [-0.25, -0.2) is 0 Å². The SMILES string of the molecule is COC(=O)C1(NC2CC2)CCC(Sc2ccc(Cl)cc2)C1. The second kappa shape index (κ2) is 6.19. The molecule has 1 N–H and O–H groups in total. The van der Waals surface area contributed by atoms with Crippen molar-refractivity contribution < 1.29 is 9.53 Å². The van der Waals surface area contributed by atoms with Crippen LogP contribution in [-0.4, -0.2) is 29.9 Å². The maximum atomic E-state index is 12.2. The molecule has 21 heavy (non-hydrogen) atoms. The molecule has 0 aliphatic heterocycles. The lowest BCUT2D eigenvalue weighted by Gasteiger charge is -2.27. The van der Waals surface area contributed by atoms with Crippen LogP contribution in [0.4, 0.5) is 0 Å². The Balaban J connectivity index is 1.66. The number of carbonyl (C=O) groups is 1. The second-order valence-corrected chi connectivity index (χ2v) is 7.74. The first-order valence-corrected chi connectivity index (χ1v) is 8.65. The molecule has 0 bridgehead atoms. The molecule has 0 saturated heterocycles. The Labute approximate surface area is 134 Å². The summed E-state index contributed by atoms with van der Waals surface area (Å²) in [7, 11) is 1.48. The van der Waals surface area contributed by atoms with E-state index in [0.29, 0.717) is 11.3 Å². The zero-order valence-electron chi connectivity index (χ0n) is 12.1. The molecule has 0 spiro atoms. The van der Waals surface area contributed by atoms with Gasteiger partial charge in [-0.05, 0) is 56.4 Å². The van der Waals surface area contributed by atoms with Crippen molar-refractivity contribution in [2.24, 2.45) is 0 Å². The molecule has 0 amide bonds. The molecule has 5 heteroatoms. The minimum Gasteiger partial charge on any atom is -0.468 e. The molecule has 0 aromatic heterocycles. The van der Waals surface area contributed by atoms with Crippen molar-refractivity contribution >= 4 is 29.3 Å². The van der Waals surface area contributed by atoms with Gasteiger partial charge >= 0.3 is 5.97 Å². The molecule has 3 rings (SSSR count). The molecular weight excluding hydrogens is 306 g/mol. The van der Waals surface area contributed by atoms with Crippen LogP contribution >= 0.6 is 23.4 Å². The molecule has 0 heterocycles. The van der Waals surface area contributed by atoms with Gasteiger partial charge in [-0.15, -0.1) is 11.8 Å². The Morgan fingerprint density at radius 3 is 2.67 bits per heavy atom. The number of hydrogen-bond acceptors (Lipinski definition) is 4.